The number of halogens is 1. The third kappa shape index (κ3) is 1.65. The third-order valence-electron chi connectivity index (χ3n) is 1.23. The van der Waals surface area contributed by atoms with Gasteiger partial charge in [0.2, 0.25) is 0 Å². The molecule has 0 heterocycles. The van der Waals surface area contributed by atoms with E-state index >= 15 is 0 Å². The van der Waals surface area contributed by atoms with E-state index in [-0.39, 0.29) is 10.7 Å². The fraction of sp³-hybridized carbons (Fsp3) is 0. The highest BCUT2D eigenvalue weighted by molar-refractivity contribution is 7.80. The van der Waals surface area contributed by atoms with Crippen LogP contribution in [0.15, 0.2) is 18.2 Å². The number of nitrogens with two attached hydrogens (primary N) is 1. The Bertz CT molecular complexity index is 300. The number of phenols is 1. The van der Waals surface area contributed by atoms with Gasteiger partial charge in [-0.3, -0.25) is 0 Å². The van der Waals surface area contributed by atoms with E-state index in [0.29, 0.717) is 5.56 Å². The van der Waals surface area contributed by atoms with E-state index in [0.717, 1.165) is 6.07 Å². The van der Waals surface area contributed by atoms with E-state index in [2.05, 4.69) is 12.2 Å². The van der Waals surface area contributed by atoms with Gasteiger partial charge in [0.25, 0.3) is 0 Å². The molecule has 0 aromatic heterocycles. The maximum atomic E-state index is 12.4. The van der Waals surface area contributed by atoms with Gasteiger partial charge < -0.3 is 10.8 Å². The summed E-state index contributed by atoms with van der Waals surface area (Å²) in [5.74, 6) is -0.736. The Morgan fingerprint density at radius 3 is 2.64 bits per heavy atom. The van der Waals surface area contributed by atoms with Gasteiger partial charge in [-0.2, -0.15) is 0 Å². The van der Waals surface area contributed by atoms with Crippen LogP contribution in [0, 0.1) is 5.82 Å². The molecule has 0 radical (unpaired) electrons. The van der Waals surface area contributed by atoms with E-state index in [1.54, 1.807) is 0 Å². The van der Waals surface area contributed by atoms with Crippen molar-refractivity contribution in [1.29, 1.82) is 0 Å². The van der Waals surface area contributed by atoms with E-state index < -0.39 is 5.82 Å². The molecule has 0 aliphatic rings. The molecule has 0 fully saturated rings. The Morgan fingerprint density at radius 2 is 2.18 bits per heavy atom. The van der Waals surface area contributed by atoms with Crippen LogP contribution in [-0.4, -0.2) is 10.1 Å². The van der Waals surface area contributed by atoms with Crippen molar-refractivity contribution in [3.05, 3.63) is 29.6 Å². The first-order valence-electron chi connectivity index (χ1n) is 2.89. The van der Waals surface area contributed by atoms with Gasteiger partial charge in [-0.05, 0) is 12.1 Å². The van der Waals surface area contributed by atoms with Crippen LogP contribution < -0.4 is 5.73 Å². The molecule has 1 aromatic carbocycles. The number of rotatable bonds is 1. The van der Waals surface area contributed by atoms with Crippen LogP contribution in [0.2, 0.25) is 0 Å². The number of hydrogen-bond donors (Lipinski definition) is 2. The lowest BCUT2D eigenvalue weighted by molar-refractivity contribution is 0.468. The monoisotopic (exact) mass is 171 g/mol. The quantitative estimate of drug-likeness (QED) is 0.623. The van der Waals surface area contributed by atoms with Crippen molar-refractivity contribution < 1.29 is 9.50 Å². The predicted octanol–water partition coefficient (Wildman–Crippen LogP) is 1.17. The maximum Gasteiger partial charge on any atom is 0.128 e. The van der Waals surface area contributed by atoms with E-state index in [4.69, 9.17) is 10.8 Å². The highest BCUT2D eigenvalue weighted by Gasteiger charge is 2.03. The zero-order chi connectivity index (χ0) is 8.43. The summed E-state index contributed by atoms with van der Waals surface area (Å²) in [6.45, 7) is 0. The summed E-state index contributed by atoms with van der Waals surface area (Å²) >= 11 is 4.59. The van der Waals surface area contributed by atoms with Crippen molar-refractivity contribution >= 4 is 17.2 Å². The molecule has 0 amide bonds. The molecule has 58 valence electrons. The van der Waals surface area contributed by atoms with Crippen LogP contribution >= 0.6 is 12.2 Å². The minimum absolute atomic E-state index is 0.0579. The van der Waals surface area contributed by atoms with Crippen LogP contribution in [0.4, 0.5) is 4.39 Å². The lowest BCUT2D eigenvalue weighted by Gasteiger charge is -2.00. The van der Waals surface area contributed by atoms with Crippen molar-refractivity contribution in [2.24, 2.45) is 5.73 Å². The van der Waals surface area contributed by atoms with Gasteiger partial charge in [-0.15, -0.1) is 0 Å². The predicted molar refractivity (Wildman–Crippen MR) is 44.0 cm³/mol. The Balaban J connectivity index is 3.20. The van der Waals surface area contributed by atoms with Crippen molar-refractivity contribution in [2.45, 2.75) is 0 Å². The first-order valence-corrected chi connectivity index (χ1v) is 3.30. The summed E-state index contributed by atoms with van der Waals surface area (Å²) in [4.78, 5) is 0.0579. The van der Waals surface area contributed by atoms with E-state index in [1.807, 2.05) is 0 Å². The SMILES string of the molecule is NC(=S)c1ccc(F)cc1O. The second-order valence-corrected chi connectivity index (χ2v) is 2.47. The molecule has 0 saturated heterocycles. The van der Waals surface area contributed by atoms with Gasteiger partial charge in [0.05, 0.1) is 5.56 Å². The fourth-order valence-electron chi connectivity index (χ4n) is 0.713. The van der Waals surface area contributed by atoms with Crippen LogP contribution in [0.3, 0.4) is 0 Å². The van der Waals surface area contributed by atoms with Gasteiger partial charge >= 0.3 is 0 Å². The average Bonchev–Trinajstić information content (AvgIpc) is 1.85. The number of hydrogen-bond acceptors (Lipinski definition) is 2. The minimum Gasteiger partial charge on any atom is -0.507 e. The van der Waals surface area contributed by atoms with Crippen LogP contribution in [0.5, 0.6) is 5.75 Å². The Kier molecular flexibility index (Phi) is 2.05. The van der Waals surface area contributed by atoms with Gasteiger partial charge in [0.15, 0.2) is 0 Å². The van der Waals surface area contributed by atoms with Crippen molar-refractivity contribution in [3.8, 4) is 5.75 Å². The zero-order valence-corrected chi connectivity index (χ0v) is 6.36. The van der Waals surface area contributed by atoms with Crippen molar-refractivity contribution in [1.82, 2.24) is 0 Å². The minimum atomic E-state index is -0.512. The summed E-state index contributed by atoms with van der Waals surface area (Å²) in [6.07, 6.45) is 0. The number of aromatic hydroxyl groups is 1. The van der Waals surface area contributed by atoms with Crippen LogP contribution in [-0.2, 0) is 0 Å². The zero-order valence-electron chi connectivity index (χ0n) is 5.54. The van der Waals surface area contributed by atoms with Gasteiger partial charge in [-0.25, -0.2) is 4.39 Å². The summed E-state index contributed by atoms with van der Waals surface area (Å²) in [6, 6.07) is 3.50. The smallest absolute Gasteiger partial charge is 0.128 e. The number of benzene rings is 1. The summed E-state index contributed by atoms with van der Waals surface area (Å²) in [5, 5.41) is 9.05. The highest BCUT2D eigenvalue weighted by Crippen LogP contribution is 2.17. The Hall–Kier alpha value is -1.16. The average molecular weight is 171 g/mol. The molecule has 0 aliphatic heterocycles. The summed E-state index contributed by atoms with van der Waals surface area (Å²) in [5.41, 5.74) is 5.51. The molecule has 1 rings (SSSR count). The molecule has 1 aromatic rings. The molecule has 3 N–H and O–H groups in total. The number of thiocarbonyl (C=S) groups is 1. The fourth-order valence-corrected chi connectivity index (χ4v) is 0.886. The molecular weight excluding hydrogens is 165 g/mol. The molecule has 11 heavy (non-hydrogen) atoms. The second kappa shape index (κ2) is 2.84. The highest BCUT2D eigenvalue weighted by atomic mass is 32.1. The van der Waals surface area contributed by atoms with Gasteiger partial charge in [-0.1, -0.05) is 12.2 Å². The van der Waals surface area contributed by atoms with Gasteiger partial charge in [0, 0.05) is 6.07 Å². The normalized spacial score (nSPS) is 9.55. The molecule has 0 unspecified atom stereocenters. The first-order chi connectivity index (χ1) is 5.11. The van der Waals surface area contributed by atoms with Crippen LogP contribution in [0.25, 0.3) is 0 Å². The van der Waals surface area contributed by atoms with E-state index in [9.17, 15) is 4.39 Å². The molecule has 0 spiro atoms. The summed E-state index contributed by atoms with van der Waals surface area (Å²) in [7, 11) is 0. The number of phenolic OH excluding ortho intramolecular Hbond substituents is 1. The van der Waals surface area contributed by atoms with E-state index in [1.165, 1.54) is 12.1 Å². The Morgan fingerprint density at radius 1 is 1.55 bits per heavy atom. The van der Waals surface area contributed by atoms with Crippen molar-refractivity contribution in [3.63, 3.8) is 0 Å². The molecular formula is C7H6FNOS. The first kappa shape index (κ1) is 7.94. The lowest BCUT2D eigenvalue weighted by Crippen LogP contribution is -2.09. The lowest BCUT2D eigenvalue weighted by atomic mass is 10.2. The molecule has 4 heteroatoms. The maximum absolute atomic E-state index is 12.4. The summed E-state index contributed by atoms with van der Waals surface area (Å²) < 4.78 is 12.4. The largest absolute Gasteiger partial charge is 0.507 e. The third-order valence-corrected chi connectivity index (χ3v) is 1.45. The molecule has 0 atom stereocenters. The molecule has 2 nitrogen and oxygen atoms in total. The molecule has 0 bridgehead atoms. The second-order valence-electron chi connectivity index (χ2n) is 2.03. The molecule has 0 aliphatic carbocycles. The topological polar surface area (TPSA) is 46.2 Å². The van der Waals surface area contributed by atoms with Crippen molar-refractivity contribution in [2.75, 3.05) is 0 Å². The van der Waals surface area contributed by atoms with Crippen LogP contribution in [0.1, 0.15) is 5.56 Å². The van der Waals surface area contributed by atoms with Gasteiger partial charge in [0.1, 0.15) is 16.6 Å². The standard InChI is InChI=1S/C7H6FNOS/c8-4-1-2-5(7(9)11)6(10)3-4/h1-3,10H,(H2,9,11). The molecule has 0 saturated carbocycles. The Labute approximate surface area is 68.5 Å².